The number of carbonyl (C=O) groups is 1. The Labute approximate surface area is 121 Å². The van der Waals surface area contributed by atoms with Crippen molar-refractivity contribution in [1.29, 1.82) is 0 Å². The summed E-state index contributed by atoms with van der Waals surface area (Å²) in [7, 11) is 4.03. The SMILES string of the molecule is Cc1ccc(NC(=O)C2CNCC(C)C2)cc1N(C)C. The average Bonchev–Trinajstić information content (AvgIpc) is 2.40. The molecule has 0 radical (unpaired) electrons. The molecular formula is C16H25N3O. The zero-order valence-corrected chi connectivity index (χ0v) is 12.9. The number of aryl methyl sites for hydroxylation is 1. The second-order valence-electron chi connectivity index (χ2n) is 6.08. The van der Waals surface area contributed by atoms with Gasteiger partial charge in [0.2, 0.25) is 5.91 Å². The first-order chi connectivity index (χ1) is 9.47. The lowest BCUT2D eigenvalue weighted by Gasteiger charge is -2.27. The summed E-state index contributed by atoms with van der Waals surface area (Å²) in [4.78, 5) is 14.4. The maximum absolute atomic E-state index is 12.3. The van der Waals surface area contributed by atoms with Crippen molar-refractivity contribution < 1.29 is 4.79 Å². The molecule has 0 aliphatic carbocycles. The van der Waals surface area contributed by atoms with E-state index in [1.54, 1.807) is 0 Å². The molecule has 1 aromatic carbocycles. The number of nitrogens with zero attached hydrogens (tertiary/aromatic N) is 1. The molecule has 0 saturated carbocycles. The van der Waals surface area contributed by atoms with Crippen LogP contribution in [0.4, 0.5) is 11.4 Å². The molecule has 1 heterocycles. The summed E-state index contributed by atoms with van der Waals surface area (Å²) >= 11 is 0. The Morgan fingerprint density at radius 1 is 1.35 bits per heavy atom. The van der Waals surface area contributed by atoms with E-state index >= 15 is 0 Å². The molecule has 2 N–H and O–H groups in total. The zero-order chi connectivity index (χ0) is 14.7. The Balaban J connectivity index is 2.06. The zero-order valence-electron chi connectivity index (χ0n) is 12.9. The van der Waals surface area contributed by atoms with E-state index in [1.165, 1.54) is 5.56 Å². The highest BCUT2D eigenvalue weighted by Gasteiger charge is 2.24. The van der Waals surface area contributed by atoms with E-state index in [0.29, 0.717) is 5.92 Å². The molecule has 1 saturated heterocycles. The van der Waals surface area contributed by atoms with E-state index in [9.17, 15) is 4.79 Å². The van der Waals surface area contributed by atoms with Crippen molar-refractivity contribution >= 4 is 17.3 Å². The molecule has 0 aromatic heterocycles. The van der Waals surface area contributed by atoms with Crippen LogP contribution in [0.3, 0.4) is 0 Å². The second-order valence-corrected chi connectivity index (χ2v) is 6.08. The van der Waals surface area contributed by atoms with Crippen LogP contribution < -0.4 is 15.5 Å². The first-order valence-electron chi connectivity index (χ1n) is 7.27. The van der Waals surface area contributed by atoms with Gasteiger partial charge in [0, 0.05) is 32.0 Å². The smallest absolute Gasteiger partial charge is 0.228 e. The average molecular weight is 275 g/mol. The molecule has 4 nitrogen and oxygen atoms in total. The van der Waals surface area contributed by atoms with Gasteiger partial charge in [-0.2, -0.15) is 0 Å². The minimum Gasteiger partial charge on any atom is -0.377 e. The topological polar surface area (TPSA) is 44.4 Å². The minimum absolute atomic E-state index is 0.0721. The van der Waals surface area contributed by atoms with Crippen LogP contribution in [-0.2, 0) is 4.79 Å². The van der Waals surface area contributed by atoms with Gasteiger partial charge in [-0.1, -0.05) is 13.0 Å². The second kappa shape index (κ2) is 6.27. The summed E-state index contributed by atoms with van der Waals surface area (Å²) in [6.07, 6.45) is 0.964. The molecule has 2 atom stereocenters. The highest BCUT2D eigenvalue weighted by atomic mass is 16.1. The molecule has 0 bridgehead atoms. The molecule has 4 heteroatoms. The first-order valence-corrected chi connectivity index (χ1v) is 7.27. The quantitative estimate of drug-likeness (QED) is 0.889. The van der Waals surface area contributed by atoms with Crippen molar-refractivity contribution in [3.63, 3.8) is 0 Å². The fourth-order valence-electron chi connectivity index (χ4n) is 2.77. The molecule has 20 heavy (non-hydrogen) atoms. The molecule has 1 aromatic rings. The van der Waals surface area contributed by atoms with Gasteiger partial charge in [0.25, 0.3) is 0 Å². The van der Waals surface area contributed by atoms with Gasteiger partial charge in [0.1, 0.15) is 0 Å². The van der Waals surface area contributed by atoms with Crippen molar-refractivity contribution in [3.8, 4) is 0 Å². The van der Waals surface area contributed by atoms with E-state index in [1.807, 2.05) is 32.3 Å². The van der Waals surface area contributed by atoms with Gasteiger partial charge in [0.15, 0.2) is 0 Å². The van der Waals surface area contributed by atoms with Crippen LogP contribution in [0.5, 0.6) is 0 Å². The Kier molecular flexibility index (Phi) is 4.65. The van der Waals surface area contributed by atoms with Gasteiger partial charge in [-0.25, -0.2) is 0 Å². The van der Waals surface area contributed by atoms with Gasteiger partial charge in [-0.05, 0) is 43.5 Å². The maximum Gasteiger partial charge on any atom is 0.228 e. The number of nitrogens with one attached hydrogen (secondary N) is 2. The maximum atomic E-state index is 12.3. The van der Waals surface area contributed by atoms with Gasteiger partial charge >= 0.3 is 0 Å². The number of anilines is 2. The predicted octanol–water partition coefficient (Wildman–Crippen LogP) is 2.25. The van der Waals surface area contributed by atoms with Gasteiger partial charge in [-0.3, -0.25) is 4.79 Å². The van der Waals surface area contributed by atoms with E-state index in [2.05, 4.69) is 29.4 Å². The number of rotatable bonds is 3. The van der Waals surface area contributed by atoms with Crippen molar-refractivity contribution in [2.45, 2.75) is 20.3 Å². The van der Waals surface area contributed by atoms with E-state index in [-0.39, 0.29) is 11.8 Å². The van der Waals surface area contributed by atoms with Crippen molar-refractivity contribution in [2.24, 2.45) is 11.8 Å². The summed E-state index contributed by atoms with van der Waals surface area (Å²) in [6, 6.07) is 6.06. The highest BCUT2D eigenvalue weighted by Crippen LogP contribution is 2.24. The van der Waals surface area contributed by atoms with Crippen molar-refractivity contribution in [3.05, 3.63) is 23.8 Å². The number of piperidine rings is 1. The van der Waals surface area contributed by atoms with E-state index < -0.39 is 0 Å². The predicted molar refractivity (Wildman–Crippen MR) is 84.3 cm³/mol. The Morgan fingerprint density at radius 2 is 2.10 bits per heavy atom. The fraction of sp³-hybridized carbons (Fsp3) is 0.562. The summed E-state index contributed by atoms with van der Waals surface area (Å²) in [6.45, 7) is 6.05. The van der Waals surface area contributed by atoms with Crippen LogP contribution in [0.1, 0.15) is 18.9 Å². The lowest BCUT2D eigenvalue weighted by atomic mass is 9.91. The molecular weight excluding hydrogens is 250 g/mol. The summed E-state index contributed by atoms with van der Waals surface area (Å²) in [5.74, 6) is 0.760. The molecule has 1 fully saturated rings. The number of amides is 1. The molecule has 110 valence electrons. The third-order valence-corrected chi connectivity index (χ3v) is 3.90. The van der Waals surface area contributed by atoms with Crippen LogP contribution in [0.25, 0.3) is 0 Å². The van der Waals surface area contributed by atoms with Gasteiger partial charge in [0.05, 0.1) is 5.92 Å². The number of hydrogen-bond donors (Lipinski definition) is 2. The monoisotopic (exact) mass is 275 g/mol. The largest absolute Gasteiger partial charge is 0.377 e. The standard InChI is InChI=1S/C16H25N3O/c1-11-7-13(10-17-9-11)16(20)18-14-6-5-12(2)15(8-14)19(3)4/h5-6,8,11,13,17H,7,9-10H2,1-4H3,(H,18,20). The third kappa shape index (κ3) is 3.51. The van der Waals surface area contributed by atoms with E-state index in [0.717, 1.165) is 30.9 Å². The molecule has 1 amide bonds. The molecule has 1 aliphatic rings. The fourth-order valence-corrected chi connectivity index (χ4v) is 2.77. The Hall–Kier alpha value is -1.55. The van der Waals surface area contributed by atoms with Crippen molar-refractivity contribution in [1.82, 2.24) is 5.32 Å². The minimum atomic E-state index is 0.0721. The van der Waals surface area contributed by atoms with Crippen LogP contribution in [0, 0.1) is 18.8 Å². The van der Waals surface area contributed by atoms with Gasteiger partial charge < -0.3 is 15.5 Å². The Bertz CT molecular complexity index is 485. The lowest BCUT2D eigenvalue weighted by molar-refractivity contribution is -0.120. The van der Waals surface area contributed by atoms with E-state index in [4.69, 9.17) is 0 Å². The molecule has 0 spiro atoms. The lowest BCUT2D eigenvalue weighted by Crippen LogP contribution is -2.40. The molecule has 2 rings (SSSR count). The number of carbonyl (C=O) groups excluding carboxylic acids is 1. The van der Waals surface area contributed by atoms with Crippen molar-refractivity contribution in [2.75, 3.05) is 37.4 Å². The molecule has 1 aliphatic heterocycles. The summed E-state index contributed by atoms with van der Waals surface area (Å²) < 4.78 is 0. The normalized spacial score (nSPS) is 22.4. The Morgan fingerprint density at radius 3 is 2.75 bits per heavy atom. The highest BCUT2D eigenvalue weighted by molar-refractivity contribution is 5.93. The van der Waals surface area contributed by atoms with Crippen LogP contribution >= 0.6 is 0 Å². The third-order valence-electron chi connectivity index (χ3n) is 3.90. The number of hydrogen-bond acceptors (Lipinski definition) is 3. The van der Waals surface area contributed by atoms with Crippen LogP contribution in [0.15, 0.2) is 18.2 Å². The summed E-state index contributed by atoms with van der Waals surface area (Å²) in [5.41, 5.74) is 3.22. The first kappa shape index (κ1) is 14.9. The van der Waals surface area contributed by atoms with Crippen LogP contribution in [-0.4, -0.2) is 33.1 Å². The summed E-state index contributed by atoms with van der Waals surface area (Å²) in [5, 5.41) is 6.37. The van der Waals surface area contributed by atoms with Crippen LogP contribution in [0.2, 0.25) is 0 Å². The van der Waals surface area contributed by atoms with Gasteiger partial charge in [-0.15, -0.1) is 0 Å². The molecule has 2 unspecified atom stereocenters. The number of benzene rings is 1.